The van der Waals surface area contributed by atoms with Crippen molar-refractivity contribution in [1.82, 2.24) is 4.67 Å². The van der Waals surface area contributed by atoms with Crippen LogP contribution in [0.1, 0.15) is 0 Å². The summed E-state index contributed by atoms with van der Waals surface area (Å²) in [6.07, 6.45) is 1.70. The van der Waals surface area contributed by atoms with E-state index in [9.17, 15) is 4.20 Å². The molecule has 1 unspecified atom stereocenters. The summed E-state index contributed by atoms with van der Waals surface area (Å²) in [4.78, 5) is 0. The monoisotopic (exact) mass is 173 g/mol. The van der Waals surface area contributed by atoms with Gasteiger partial charge in [-0.05, 0) is 32.2 Å². The molecule has 0 saturated carbocycles. The second-order valence-corrected chi connectivity index (χ2v) is 8.24. The van der Waals surface area contributed by atoms with Crippen molar-refractivity contribution < 1.29 is 4.20 Å². The van der Waals surface area contributed by atoms with Crippen molar-refractivity contribution in [2.24, 2.45) is 0 Å². The Kier molecular flexibility index (Phi) is 3.51. The fraction of sp³-hybridized carbons (Fsp3) is 1.00. The third-order valence-electron chi connectivity index (χ3n) is 0.703. The van der Waals surface area contributed by atoms with Gasteiger partial charge >= 0.3 is 0 Å². The van der Waals surface area contributed by atoms with Gasteiger partial charge in [-0.15, -0.1) is 0 Å². The number of halogens is 1. The zero-order chi connectivity index (χ0) is 6.78. The van der Waals surface area contributed by atoms with Gasteiger partial charge in [-0.2, -0.15) is 4.20 Å². The topological polar surface area (TPSA) is 3.24 Å². The van der Waals surface area contributed by atoms with Gasteiger partial charge in [0, 0.05) is 0 Å². The van der Waals surface area contributed by atoms with E-state index in [-0.39, 0.29) is 0 Å². The standard InChI is InChI=1S/C3H9FNPS2/c1-5(2)6(4,7)8-3/h1-3H3. The molecule has 8 heavy (non-hydrogen) atoms. The first-order chi connectivity index (χ1) is 3.50. The van der Waals surface area contributed by atoms with Crippen LogP contribution in [0.2, 0.25) is 0 Å². The highest BCUT2D eigenvalue weighted by Crippen LogP contribution is 2.60. The van der Waals surface area contributed by atoms with Crippen LogP contribution in [0.25, 0.3) is 0 Å². The molecule has 50 valence electrons. The molecule has 0 amide bonds. The molecular weight excluding hydrogens is 164 g/mol. The highest BCUT2D eigenvalue weighted by atomic mass is 32.9. The van der Waals surface area contributed by atoms with Crippen LogP contribution >= 0.6 is 17.1 Å². The van der Waals surface area contributed by atoms with E-state index in [0.717, 1.165) is 11.4 Å². The molecule has 0 radical (unpaired) electrons. The molecule has 5 heteroatoms. The van der Waals surface area contributed by atoms with Gasteiger partial charge in [0.05, 0.1) is 0 Å². The molecule has 0 rings (SSSR count). The first kappa shape index (κ1) is 8.89. The smallest absolute Gasteiger partial charge is 0.231 e. The van der Waals surface area contributed by atoms with Gasteiger partial charge in [-0.3, -0.25) is 0 Å². The maximum atomic E-state index is 12.8. The zero-order valence-corrected chi connectivity index (χ0v) is 7.62. The van der Waals surface area contributed by atoms with Gasteiger partial charge in [0.2, 0.25) is 5.70 Å². The van der Waals surface area contributed by atoms with E-state index < -0.39 is 5.70 Å². The van der Waals surface area contributed by atoms with Crippen LogP contribution in [0.4, 0.5) is 4.20 Å². The molecule has 0 aromatic carbocycles. The molecule has 1 nitrogen and oxygen atoms in total. The van der Waals surface area contributed by atoms with Crippen molar-refractivity contribution in [1.29, 1.82) is 0 Å². The summed E-state index contributed by atoms with van der Waals surface area (Å²) in [5.41, 5.74) is -2.66. The summed E-state index contributed by atoms with van der Waals surface area (Å²) in [5.74, 6) is 0. The van der Waals surface area contributed by atoms with Crippen LogP contribution in [0.5, 0.6) is 0 Å². The Morgan fingerprint density at radius 3 is 2.00 bits per heavy atom. The maximum absolute atomic E-state index is 12.8. The van der Waals surface area contributed by atoms with Gasteiger partial charge in [0.1, 0.15) is 0 Å². The summed E-state index contributed by atoms with van der Waals surface area (Å²) < 4.78 is 14.2. The van der Waals surface area contributed by atoms with E-state index in [2.05, 4.69) is 11.8 Å². The summed E-state index contributed by atoms with van der Waals surface area (Å²) in [6.45, 7) is 0. The minimum Gasteiger partial charge on any atom is -0.249 e. The van der Waals surface area contributed by atoms with E-state index in [0.29, 0.717) is 0 Å². The third-order valence-corrected chi connectivity index (χ3v) is 6.76. The Bertz CT molecular complexity index is 116. The van der Waals surface area contributed by atoms with Crippen LogP contribution in [0, 0.1) is 0 Å². The molecule has 0 N–H and O–H groups in total. The molecule has 0 aromatic heterocycles. The van der Waals surface area contributed by atoms with Gasteiger partial charge in [0.15, 0.2) is 0 Å². The lowest BCUT2D eigenvalue weighted by Gasteiger charge is -2.16. The highest BCUT2D eigenvalue weighted by molar-refractivity contribution is 8.68. The summed E-state index contributed by atoms with van der Waals surface area (Å²) in [6, 6.07) is 0. The Labute approximate surface area is 58.6 Å². The second-order valence-electron chi connectivity index (χ2n) is 1.48. The van der Waals surface area contributed by atoms with E-state index in [1.807, 2.05) is 0 Å². The van der Waals surface area contributed by atoms with Crippen molar-refractivity contribution in [3.05, 3.63) is 0 Å². The summed E-state index contributed by atoms with van der Waals surface area (Å²) in [7, 11) is 3.33. The number of rotatable bonds is 2. The molecule has 0 aliphatic heterocycles. The van der Waals surface area contributed by atoms with Crippen molar-refractivity contribution >= 4 is 28.9 Å². The zero-order valence-electron chi connectivity index (χ0n) is 5.09. The van der Waals surface area contributed by atoms with Gasteiger partial charge in [-0.25, -0.2) is 4.67 Å². The molecule has 1 atom stereocenters. The van der Waals surface area contributed by atoms with Gasteiger partial charge in [-0.1, -0.05) is 11.4 Å². The minimum absolute atomic E-state index is 1.12. The Morgan fingerprint density at radius 2 is 2.00 bits per heavy atom. The second kappa shape index (κ2) is 3.16. The van der Waals surface area contributed by atoms with E-state index in [1.165, 1.54) is 4.67 Å². The lowest BCUT2D eigenvalue weighted by atomic mass is 11.3. The molecule has 0 saturated heterocycles. The lowest BCUT2D eigenvalue weighted by molar-refractivity contribution is 0.639. The molecule has 0 fully saturated rings. The minimum atomic E-state index is -2.66. The van der Waals surface area contributed by atoms with Crippen molar-refractivity contribution in [3.8, 4) is 0 Å². The van der Waals surface area contributed by atoms with Crippen LogP contribution in [0.3, 0.4) is 0 Å². The lowest BCUT2D eigenvalue weighted by Crippen LogP contribution is -2.01. The van der Waals surface area contributed by atoms with Crippen LogP contribution in [-0.2, 0) is 11.8 Å². The third kappa shape index (κ3) is 2.44. The first-order valence-corrected chi connectivity index (χ1v) is 6.51. The average molecular weight is 173 g/mol. The Balaban J connectivity index is 3.93. The summed E-state index contributed by atoms with van der Waals surface area (Å²) in [5, 5.41) is 0. The van der Waals surface area contributed by atoms with E-state index in [1.54, 1.807) is 20.4 Å². The van der Waals surface area contributed by atoms with E-state index in [4.69, 9.17) is 0 Å². The van der Waals surface area contributed by atoms with Crippen LogP contribution in [0.15, 0.2) is 0 Å². The van der Waals surface area contributed by atoms with Crippen molar-refractivity contribution in [2.75, 3.05) is 20.4 Å². The molecule has 0 aromatic rings. The molecule has 0 spiro atoms. The van der Waals surface area contributed by atoms with Crippen molar-refractivity contribution in [3.63, 3.8) is 0 Å². The highest BCUT2D eigenvalue weighted by Gasteiger charge is 2.15. The fourth-order valence-electron chi connectivity index (χ4n) is 0.163. The van der Waals surface area contributed by atoms with Crippen molar-refractivity contribution in [2.45, 2.75) is 0 Å². The Morgan fingerprint density at radius 1 is 1.62 bits per heavy atom. The molecule has 0 aliphatic carbocycles. The van der Waals surface area contributed by atoms with Crippen LogP contribution < -0.4 is 0 Å². The van der Waals surface area contributed by atoms with Gasteiger partial charge in [0.25, 0.3) is 0 Å². The SMILES string of the molecule is CSP(F)(=S)N(C)C. The number of hydrogen-bond donors (Lipinski definition) is 0. The molecular formula is C3H9FNPS2. The van der Waals surface area contributed by atoms with Gasteiger partial charge < -0.3 is 0 Å². The molecule has 0 heterocycles. The Hall–Kier alpha value is 0.890. The first-order valence-electron chi connectivity index (χ1n) is 2.04. The fourth-order valence-corrected chi connectivity index (χ4v) is 1.47. The predicted molar refractivity (Wildman–Crippen MR) is 42.6 cm³/mol. The quantitative estimate of drug-likeness (QED) is 0.589. The number of hydrogen-bond acceptors (Lipinski definition) is 2. The number of nitrogens with zero attached hydrogens (tertiary/aromatic N) is 1. The van der Waals surface area contributed by atoms with E-state index >= 15 is 0 Å². The maximum Gasteiger partial charge on any atom is 0.231 e. The summed E-state index contributed by atoms with van der Waals surface area (Å²) >= 11 is 5.72. The predicted octanol–water partition coefficient (Wildman–Crippen LogP) is 2.10. The molecule has 0 aliphatic rings. The molecule has 0 bridgehead atoms. The largest absolute Gasteiger partial charge is 0.249 e. The average Bonchev–Trinajstić information content (AvgIpc) is 1.67. The van der Waals surface area contributed by atoms with Crippen LogP contribution in [-0.4, -0.2) is 25.0 Å². The normalized spacial score (nSPS) is 18.6.